The van der Waals surface area contributed by atoms with Gasteiger partial charge < -0.3 is 10.6 Å². The van der Waals surface area contributed by atoms with E-state index in [4.69, 9.17) is 11.6 Å². The third-order valence-corrected chi connectivity index (χ3v) is 5.31. The molecule has 0 heterocycles. The Morgan fingerprint density at radius 3 is 2.19 bits per heavy atom. The summed E-state index contributed by atoms with van der Waals surface area (Å²) in [5.41, 5.74) is 1.95. The zero-order valence-corrected chi connectivity index (χ0v) is 16.3. The van der Waals surface area contributed by atoms with Crippen molar-refractivity contribution in [2.45, 2.75) is 32.6 Å². The first kappa shape index (κ1) is 19.4. The molecule has 3 rings (SSSR count). The van der Waals surface area contributed by atoms with E-state index in [1.165, 1.54) is 19.3 Å². The van der Waals surface area contributed by atoms with Crippen molar-refractivity contribution in [2.75, 3.05) is 17.2 Å². The quantitative estimate of drug-likeness (QED) is 0.615. The summed E-state index contributed by atoms with van der Waals surface area (Å²) >= 11 is 6.22. The maximum atomic E-state index is 12.8. The Balaban J connectivity index is 1.65. The average molecular weight is 385 g/mol. The second-order valence-corrected chi connectivity index (χ2v) is 7.31. The molecule has 0 bridgehead atoms. The number of Topliss-reactive ketones (excluding diaryl/α,β-unsaturated/α-hetero) is 2. The SMILES string of the molecule is CCCCCCNc1ccc(NC2=C(Cl)C(=O)C3C=CC=CC3C2=O)cc1. The summed E-state index contributed by atoms with van der Waals surface area (Å²) in [6.07, 6.45) is 12.0. The van der Waals surface area contributed by atoms with E-state index in [9.17, 15) is 9.59 Å². The van der Waals surface area contributed by atoms with Gasteiger partial charge in [0.25, 0.3) is 0 Å². The molecule has 0 radical (unpaired) electrons. The zero-order chi connectivity index (χ0) is 19.2. The van der Waals surface area contributed by atoms with Gasteiger partial charge >= 0.3 is 0 Å². The van der Waals surface area contributed by atoms with Crippen LogP contribution in [0.3, 0.4) is 0 Å². The van der Waals surface area contributed by atoms with E-state index < -0.39 is 11.8 Å². The molecule has 1 aromatic rings. The fourth-order valence-corrected chi connectivity index (χ4v) is 3.64. The highest BCUT2D eigenvalue weighted by Crippen LogP contribution is 2.35. The van der Waals surface area contributed by atoms with Gasteiger partial charge in [0, 0.05) is 17.9 Å². The number of rotatable bonds is 8. The van der Waals surface area contributed by atoms with Crippen molar-refractivity contribution < 1.29 is 9.59 Å². The normalized spacial score (nSPS) is 21.4. The van der Waals surface area contributed by atoms with Gasteiger partial charge in [-0.2, -0.15) is 0 Å². The summed E-state index contributed by atoms with van der Waals surface area (Å²) < 4.78 is 0. The van der Waals surface area contributed by atoms with E-state index in [0.29, 0.717) is 0 Å². The van der Waals surface area contributed by atoms with Gasteiger partial charge in [-0.15, -0.1) is 0 Å². The number of carbonyl (C=O) groups excluding carboxylic acids is 2. The monoisotopic (exact) mass is 384 g/mol. The zero-order valence-electron chi connectivity index (χ0n) is 15.5. The molecular weight excluding hydrogens is 360 g/mol. The highest BCUT2D eigenvalue weighted by molar-refractivity contribution is 6.46. The minimum absolute atomic E-state index is 0.0145. The highest BCUT2D eigenvalue weighted by Gasteiger charge is 2.40. The summed E-state index contributed by atoms with van der Waals surface area (Å²) in [5.74, 6) is -1.32. The molecule has 27 heavy (non-hydrogen) atoms. The van der Waals surface area contributed by atoms with E-state index >= 15 is 0 Å². The molecular formula is C22H25ClN2O2. The van der Waals surface area contributed by atoms with Crippen molar-refractivity contribution in [1.29, 1.82) is 0 Å². The minimum atomic E-state index is -0.486. The van der Waals surface area contributed by atoms with Crippen molar-refractivity contribution in [3.8, 4) is 0 Å². The number of nitrogens with one attached hydrogen (secondary N) is 2. The molecule has 2 aliphatic carbocycles. The summed E-state index contributed by atoms with van der Waals surface area (Å²) in [6.45, 7) is 3.15. The Morgan fingerprint density at radius 2 is 1.52 bits per heavy atom. The van der Waals surface area contributed by atoms with Crippen molar-refractivity contribution in [3.63, 3.8) is 0 Å². The number of hydrogen-bond acceptors (Lipinski definition) is 4. The summed E-state index contributed by atoms with van der Waals surface area (Å²) in [7, 11) is 0. The molecule has 2 unspecified atom stereocenters. The standard InChI is InChI=1S/C22H25ClN2O2/c1-2-3-4-7-14-24-15-10-12-16(13-11-15)25-20-19(23)21(26)17-8-5-6-9-18(17)22(20)27/h5-6,8-13,17-18,24-25H,2-4,7,14H2,1H3. The van der Waals surface area contributed by atoms with Crippen molar-refractivity contribution >= 4 is 34.5 Å². The van der Waals surface area contributed by atoms with E-state index in [2.05, 4.69) is 17.6 Å². The topological polar surface area (TPSA) is 58.2 Å². The van der Waals surface area contributed by atoms with Gasteiger partial charge in [-0.3, -0.25) is 9.59 Å². The number of ketones is 2. The fourth-order valence-electron chi connectivity index (χ4n) is 3.37. The molecule has 0 aliphatic heterocycles. The predicted octanol–water partition coefficient (Wildman–Crippen LogP) is 5.05. The lowest BCUT2D eigenvalue weighted by atomic mass is 9.77. The maximum absolute atomic E-state index is 12.8. The van der Waals surface area contributed by atoms with Crippen LogP contribution >= 0.6 is 11.6 Å². The van der Waals surface area contributed by atoms with Crippen LogP contribution in [0.1, 0.15) is 32.6 Å². The van der Waals surface area contributed by atoms with Crippen LogP contribution in [-0.4, -0.2) is 18.1 Å². The van der Waals surface area contributed by atoms with Gasteiger partial charge in [0.2, 0.25) is 0 Å². The van der Waals surface area contributed by atoms with Gasteiger partial charge in [0.1, 0.15) is 10.7 Å². The number of unbranched alkanes of at least 4 members (excludes halogenated alkanes) is 3. The van der Waals surface area contributed by atoms with Crippen LogP contribution in [0.2, 0.25) is 0 Å². The molecule has 0 amide bonds. The van der Waals surface area contributed by atoms with Crippen LogP contribution in [0, 0.1) is 11.8 Å². The lowest BCUT2D eigenvalue weighted by Gasteiger charge is -2.28. The van der Waals surface area contributed by atoms with Crippen LogP contribution in [0.5, 0.6) is 0 Å². The van der Waals surface area contributed by atoms with E-state index in [1.54, 1.807) is 24.3 Å². The second-order valence-electron chi connectivity index (χ2n) is 6.93. The van der Waals surface area contributed by atoms with Gasteiger partial charge in [-0.1, -0.05) is 62.1 Å². The first-order valence-corrected chi connectivity index (χ1v) is 9.93. The molecule has 2 atom stereocenters. The molecule has 1 aromatic carbocycles. The smallest absolute Gasteiger partial charge is 0.188 e. The van der Waals surface area contributed by atoms with Crippen LogP contribution in [0.15, 0.2) is 59.3 Å². The molecule has 0 fully saturated rings. The molecule has 0 aromatic heterocycles. The first-order valence-electron chi connectivity index (χ1n) is 9.56. The Hall–Kier alpha value is -2.33. The Labute approximate surface area is 165 Å². The van der Waals surface area contributed by atoms with E-state index in [0.717, 1.165) is 24.3 Å². The van der Waals surface area contributed by atoms with Gasteiger partial charge in [0.15, 0.2) is 11.6 Å². The summed E-state index contributed by atoms with van der Waals surface area (Å²) in [4.78, 5) is 25.2. The van der Waals surface area contributed by atoms with Gasteiger partial charge in [0.05, 0.1) is 11.8 Å². The van der Waals surface area contributed by atoms with Crippen molar-refractivity contribution in [1.82, 2.24) is 0 Å². The fraction of sp³-hybridized carbons (Fsp3) is 0.364. The van der Waals surface area contributed by atoms with Crippen LogP contribution in [-0.2, 0) is 9.59 Å². The third-order valence-electron chi connectivity index (χ3n) is 4.94. The Morgan fingerprint density at radius 1 is 0.889 bits per heavy atom. The number of anilines is 2. The third kappa shape index (κ3) is 4.51. The molecule has 2 aliphatic rings. The van der Waals surface area contributed by atoms with Crippen LogP contribution < -0.4 is 10.6 Å². The molecule has 2 N–H and O–H groups in total. The minimum Gasteiger partial charge on any atom is -0.385 e. The van der Waals surface area contributed by atoms with E-state index in [1.807, 2.05) is 24.3 Å². The number of benzene rings is 1. The molecule has 4 nitrogen and oxygen atoms in total. The largest absolute Gasteiger partial charge is 0.385 e. The molecule has 0 saturated heterocycles. The molecule has 0 spiro atoms. The Kier molecular flexibility index (Phi) is 6.51. The number of allylic oxidation sites excluding steroid dienone is 6. The maximum Gasteiger partial charge on any atom is 0.188 e. The molecule has 5 heteroatoms. The number of hydrogen-bond donors (Lipinski definition) is 2. The van der Waals surface area contributed by atoms with Gasteiger partial charge in [-0.25, -0.2) is 0 Å². The van der Waals surface area contributed by atoms with E-state index in [-0.39, 0.29) is 22.3 Å². The predicted molar refractivity (Wildman–Crippen MR) is 111 cm³/mol. The second kappa shape index (κ2) is 9.05. The van der Waals surface area contributed by atoms with Crippen molar-refractivity contribution in [3.05, 3.63) is 59.3 Å². The summed E-state index contributed by atoms with van der Waals surface area (Å²) in [5, 5.41) is 6.42. The lowest BCUT2D eigenvalue weighted by Crippen LogP contribution is -2.37. The number of halogens is 1. The molecule has 142 valence electrons. The lowest BCUT2D eigenvalue weighted by molar-refractivity contribution is -0.126. The first-order chi connectivity index (χ1) is 13.1. The average Bonchev–Trinajstić information content (AvgIpc) is 2.70. The molecule has 0 saturated carbocycles. The summed E-state index contributed by atoms with van der Waals surface area (Å²) in [6, 6.07) is 7.67. The van der Waals surface area contributed by atoms with Gasteiger partial charge in [-0.05, 0) is 30.7 Å². The Bertz CT molecular complexity index is 793. The van der Waals surface area contributed by atoms with Crippen molar-refractivity contribution in [2.24, 2.45) is 11.8 Å². The highest BCUT2D eigenvalue weighted by atomic mass is 35.5. The number of carbonyl (C=O) groups is 2. The number of fused-ring (bicyclic) bond motifs is 1. The van der Waals surface area contributed by atoms with Crippen LogP contribution in [0.25, 0.3) is 0 Å². The van der Waals surface area contributed by atoms with Crippen LogP contribution in [0.4, 0.5) is 11.4 Å².